The molecule has 0 nitrogen and oxygen atoms in total. The summed E-state index contributed by atoms with van der Waals surface area (Å²) >= 11 is 0. The molecule has 0 heteroatoms. The molecule has 0 saturated carbocycles. The monoisotopic (exact) mass is 680 g/mol. The molecule has 0 bridgehead atoms. The Bertz CT molecular complexity index is 3320. The summed E-state index contributed by atoms with van der Waals surface area (Å²) in [7, 11) is 0. The number of rotatable bonds is 2. The van der Waals surface area contributed by atoms with E-state index in [1.54, 1.807) is 0 Å². The van der Waals surface area contributed by atoms with E-state index in [2.05, 4.69) is 194 Å². The molecule has 54 heavy (non-hydrogen) atoms. The summed E-state index contributed by atoms with van der Waals surface area (Å²) in [5.41, 5.74) is 5.00. The van der Waals surface area contributed by atoms with Crippen LogP contribution in [-0.2, 0) is 0 Å². The van der Waals surface area contributed by atoms with Crippen molar-refractivity contribution in [3.8, 4) is 22.3 Å². The highest BCUT2D eigenvalue weighted by Gasteiger charge is 2.17. The Morgan fingerprint density at radius 2 is 0.537 bits per heavy atom. The summed E-state index contributed by atoms with van der Waals surface area (Å²) in [6.45, 7) is 0. The first-order chi connectivity index (χ1) is 26.8. The van der Waals surface area contributed by atoms with Crippen LogP contribution in [0.2, 0.25) is 0 Å². The minimum Gasteiger partial charge on any atom is -0.0616 e. The van der Waals surface area contributed by atoms with Crippen LogP contribution in [0, 0.1) is 0 Å². The fourth-order valence-electron chi connectivity index (χ4n) is 9.41. The second-order valence-electron chi connectivity index (χ2n) is 14.8. The fourth-order valence-corrected chi connectivity index (χ4v) is 9.41. The quantitative estimate of drug-likeness (QED) is 0.159. The van der Waals surface area contributed by atoms with E-state index in [9.17, 15) is 0 Å². The maximum Gasteiger partial charge on any atom is -0.00204 e. The minimum atomic E-state index is 1.23. The van der Waals surface area contributed by atoms with E-state index < -0.39 is 0 Å². The third kappa shape index (κ3) is 4.26. The molecule has 0 unspecified atom stereocenters. The van der Waals surface area contributed by atoms with Crippen LogP contribution in [0.1, 0.15) is 0 Å². The number of benzene rings is 12. The van der Waals surface area contributed by atoms with Gasteiger partial charge in [0.15, 0.2) is 0 Å². The Morgan fingerprint density at radius 1 is 0.185 bits per heavy atom. The largest absolute Gasteiger partial charge is 0.0616 e. The van der Waals surface area contributed by atoms with Gasteiger partial charge in [0.1, 0.15) is 0 Å². The van der Waals surface area contributed by atoms with Crippen molar-refractivity contribution in [1.82, 2.24) is 0 Å². The van der Waals surface area contributed by atoms with E-state index in [1.807, 2.05) is 0 Å². The first-order valence-electron chi connectivity index (χ1n) is 18.8. The standard InChI is InChI=1S/C54H32/c1-5-13-41-34(9-1)21-25-45-47-27-23-36-11-3-7-15-43(36)53(47)49(31-51(41)45)38-19-17-33-18-20-39(30-40(33)29-38)50-32-52-42-14-6-2-10-35(42)22-26-46(52)48-28-24-37-12-4-8-16-44(37)54(48)50/h1-32H. The topological polar surface area (TPSA) is 0 Å². The summed E-state index contributed by atoms with van der Waals surface area (Å²) in [6, 6.07) is 72.6. The molecular weight excluding hydrogens is 649 g/mol. The highest BCUT2D eigenvalue weighted by molar-refractivity contribution is 6.28. The molecule has 0 amide bonds. The molecule has 0 fully saturated rings. The van der Waals surface area contributed by atoms with Crippen LogP contribution in [0.5, 0.6) is 0 Å². The Hall–Kier alpha value is -7.02. The molecule has 0 saturated heterocycles. The molecule has 0 atom stereocenters. The third-order valence-corrected chi connectivity index (χ3v) is 12.0. The zero-order chi connectivity index (χ0) is 35.3. The lowest BCUT2D eigenvalue weighted by molar-refractivity contribution is 1.69. The van der Waals surface area contributed by atoms with Gasteiger partial charge in [-0.1, -0.05) is 170 Å². The molecule has 0 spiro atoms. The maximum absolute atomic E-state index is 2.45. The smallest absolute Gasteiger partial charge is 0.00204 e. The van der Waals surface area contributed by atoms with Crippen molar-refractivity contribution >= 4 is 97.0 Å². The van der Waals surface area contributed by atoms with E-state index >= 15 is 0 Å². The highest BCUT2D eigenvalue weighted by atomic mass is 14.2. The summed E-state index contributed by atoms with van der Waals surface area (Å²) in [6.07, 6.45) is 0. The molecule has 12 rings (SSSR count). The molecule has 0 aliphatic carbocycles. The minimum absolute atomic E-state index is 1.23. The number of hydrogen-bond acceptors (Lipinski definition) is 0. The van der Waals surface area contributed by atoms with Crippen molar-refractivity contribution in [3.05, 3.63) is 194 Å². The van der Waals surface area contributed by atoms with Gasteiger partial charge in [0.05, 0.1) is 0 Å². The second-order valence-corrected chi connectivity index (χ2v) is 14.8. The molecule has 0 aromatic heterocycles. The normalized spacial score (nSPS) is 12.1. The van der Waals surface area contributed by atoms with Crippen LogP contribution in [0.3, 0.4) is 0 Å². The molecule has 0 N–H and O–H groups in total. The summed E-state index contributed by atoms with van der Waals surface area (Å²) in [4.78, 5) is 0. The van der Waals surface area contributed by atoms with Crippen molar-refractivity contribution in [2.75, 3.05) is 0 Å². The van der Waals surface area contributed by atoms with Gasteiger partial charge in [-0.3, -0.25) is 0 Å². The third-order valence-electron chi connectivity index (χ3n) is 12.0. The summed E-state index contributed by atoms with van der Waals surface area (Å²) in [5, 5.41) is 23.1. The van der Waals surface area contributed by atoms with Crippen LogP contribution >= 0.6 is 0 Å². The van der Waals surface area contributed by atoms with Gasteiger partial charge in [-0.15, -0.1) is 0 Å². The number of fused-ring (bicyclic) bond motifs is 15. The lowest BCUT2D eigenvalue weighted by Crippen LogP contribution is -1.89. The zero-order valence-corrected chi connectivity index (χ0v) is 29.5. The molecule has 12 aromatic rings. The van der Waals surface area contributed by atoms with E-state index in [0.29, 0.717) is 0 Å². The van der Waals surface area contributed by atoms with E-state index in [4.69, 9.17) is 0 Å². The fraction of sp³-hybridized carbons (Fsp3) is 0. The van der Waals surface area contributed by atoms with Gasteiger partial charge in [0, 0.05) is 0 Å². The van der Waals surface area contributed by atoms with Crippen LogP contribution < -0.4 is 0 Å². The predicted octanol–water partition coefficient (Wildman–Crippen LogP) is 15.4. The van der Waals surface area contributed by atoms with Gasteiger partial charge >= 0.3 is 0 Å². The van der Waals surface area contributed by atoms with Crippen molar-refractivity contribution in [2.45, 2.75) is 0 Å². The van der Waals surface area contributed by atoms with Crippen molar-refractivity contribution in [2.24, 2.45) is 0 Å². The lowest BCUT2D eigenvalue weighted by atomic mass is 9.86. The molecule has 0 aliphatic rings. The van der Waals surface area contributed by atoms with E-state index in [1.165, 1.54) is 119 Å². The van der Waals surface area contributed by atoms with Crippen molar-refractivity contribution < 1.29 is 0 Å². The molecular formula is C54H32. The molecule has 0 aliphatic heterocycles. The Kier molecular flexibility index (Phi) is 6.15. The van der Waals surface area contributed by atoms with Crippen molar-refractivity contribution in [1.29, 1.82) is 0 Å². The van der Waals surface area contributed by atoms with Gasteiger partial charge in [-0.2, -0.15) is 0 Å². The average molecular weight is 681 g/mol. The summed E-state index contributed by atoms with van der Waals surface area (Å²) in [5.74, 6) is 0. The second kappa shape index (κ2) is 11.2. The van der Waals surface area contributed by atoms with Crippen LogP contribution in [0.4, 0.5) is 0 Å². The van der Waals surface area contributed by atoms with Crippen LogP contribution in [-0.4, -0.2) is 0 Å². The van der Waals surface area contributed by atoms with Gasteiger partial charge < -0.3 is 0 Å². The molecule has 248 valence electrons. The maximum atomic E-state index is 2.45. The lowest BCUT2D eigenvalue weighted by Gasteiger charge is -2.17. The van der Waals surface area contributed by atoms with Crippen LogP contribution in [0.15, 0.2) is 194 Å². The molecule has 0 heterocycles. The number of hydrogen-bond donors (Lipinski definition) is 0. The highest BCUT2D eigenvalue weighted by Crippen LogP contribution is 2.44. The molecule has 0 radical (unpaired) electrons. The van der Waals surface area contributed by atoms with Crippen molar-refractivity contribution in [3.63, 3.8) is 0 Å². The van der Waals surface area contributed by atoms with E-state index in [-0.39, 0.29) is 0 Å². The van der Waals surface area contributed by atoms with E-state index in [0.717, 1.165) is 0 Å². The first kappa shape index (κ1) is 29.5. The average Bonchev–Trinajstić information content (AvgIpc) is 3.24. The van der Waals surface area contributed by atoms with Crippen LogP contribution in [0.25, 0.3) is 119 Å². The Balaban J connectivity index is 1.16. The zero-order valence-electron chi connectivity index (χ0n) is 29.5. The van der Waals surface area contributed by atoms with Gasteiger partial charge in [0.25, 0.3) is 0 Å². The Labute approximate surface area is 312 Å². The predicted molar refractivity (Wildman–Crippen MR) is 235 cm³/mol. The van der Waals surface area contributed by atoms with Gasteiger partial charge in [-0.05, 0) is 143 Å². The summed E-state index contributed by atoms with van der Waals surface area (Å²) < 4.78 is 0. The SMILES string of the molecule is c1ccc2c(c1)ccc1c2cc(-c2ccc3ccc(-c4cc5c6ccccc6ccc5c5ccc6ccccc6c45)cc3c2)c2c3ccccc3ccc12. The van der Waals surface area contributed by atoms with Gasteiger partial charge in [-0.25, -0.2) is 0 Å². The first-order valence-corrected chi connectivity index (χ1v) is 18.8. The Morgan fingerprint density at radius 3 is 0.981 bits per heavy atom. The van der Waals surface area contributed by atoms with Gasteiger partial charge in [0.2, 0.25) is 0 Å². The molecule has 12 aromatic carbocycles.